The Morgan fingerprint density at radius 1 is 1.18 bits per heavy atom. The van der Waals surface area contributed by atoms with Crippen LogP contribution in [0.15, 0.2) is 0 Å². The zero-order chi connectivity index (χ0) is 7.71. The van der Waals surface area contributed by atoms with E-state index in [4.69, 9.17) is 0 Å². The van der Waals surface area contributed by atoms with E-state index < -0.39 is 12.3 Å². The summed E-state index contributed by atoms with van der Waals surface area (Å²) in [4.78, 5) is 20.5. The van der Waals surface area contributed by atoms with Crippen LogP contribution in [0.25, 0.3) is 0 Å². The summed E-state index contributed by atoms with van der Waals surface area (Å²) in [6, 6.07) is 0. The van der Waals surface area contributed by atoms with Gasteiger partial charge >= 0.3 is 59.1 Å². The van der Waals surface area contributed by atoms with Crippen molar-refractivity contribution < 1.29 is 73.4 Å². The van der Waals surface area contributed by atoms with Crippen molar-refractivity contribution in [3.63, 3.8) is 0 Å². The third kappa shape index (κ3) is 19.1. The molecular formula is C4H9Na2O3PS. The van der Waals surface area contributed by atoms with Crippen molar-refractivity contribution in [1.82, 2.24) is 0 Å². The average Bonchev–Trinajstić information content (AvgIpc) is 1.14. The first-order valence-corrected chi connectivity index (χ1v) is 4.99. The minimum atomic E-state index is -3.95. The zero-order valence-corrected chi connectivity index (χ0v) is 13.3. The molecule has 0 fully saturated rings. The quantitative estimate of drug-likeness (QED) is 0.322. The first kappa shape index (κ1) is 19.2. The third-order valence-electron chi connectivity index (χ3n) is 0.386. The number of rotatable bonds is 1. The van der Waals surface area contributed by atoms with Crippen molar-refractivity contribution in [3.8, 4) is 0 Å². The summed E-state index contributed by atoms with van der Waals surface area (Å²) in [6.07, 6.45) is 0. The van der Waals surface area contributed by atoms with Crippen LogP contribution in [0, 0.1) is 0 Å². The first-order valence-electron chi connectivity index (χ1n) is 2.43. The van der Waals surface area contributed by atoms with E-state index in [0.717, 1.165) is 0 Å². The largest absolute Gasteiger partial charge is 1.00 e. The second kappa shape index (κ2) is 6.91. The fourth-order valence-electron chi connectivity index (χ4n) is 0.335. The van der Waals surface area contributed by atoms with Crippen LogP contribution in [0.4, 0.5) is 0 Å². The molecular weight excluding hydrogens is 205 g/mol. The van der Waals surface area contributed by atoms with Gasteiger partial charge in [-0.15, -0.1) is 11.8 Å². The molecule has 0 radical (unpaired) electrons. The first-order chi connectivity index (χ1) is 3.71. The molecule has 0 bridgehead atoms. The Labute approximate surface area is 117 Å². The Hall–Kier alpha value is 2.53. The Morgan fingerprint density at radius 3 is 1.45 bits per heavy atom. The molecule has 0 unspecified atom stereocenters. The van der Waals surface area contributed by atoms with Crippen molar-refractivity contribution in [2.45, 2.75) is 26.4 Å². The average molecular weight is 214 g/mol. The predicted octanol–water partition coefficient (Wildman–Crippen LogP) is -6.25. The summed E-state index contributed by atoms with van der Waals surface area (Å²) in [7, 11) is 0. The number of hydrogen-bond acceptors (Lipinski definition) is 4. The minimum Gasteiger partial charge on any atom is -0.812 e. The van der Waals surface area contributed by atoms with Gasteiger partial charge in [0.15, 0.2) is 0 Å². The molecule has 0 aliphatic carbocycles. The van der Waals surface area contributed by atoms with Crippen LogP contribution in [0.5, 0.6) is 0 Å². The van der Waals surface area contributed by atoms with Crippen molar-refractivity contribution in [1.29, 1.82) is 0 Å². The van der Waals surface area contributed by atoms with E-state index >= 15 is 0 Å². The summed E-state index contributed by atoms with van der Waals surface area (Å²) < 4.78 is 4.44. The summed E-state index contributed by atoms with van der Waals surface area (Å²) in [5, 5.41) is 0. The summed E-state index contributed by atoms with van der Waals surface area (Å²) in [5.41, 5.74) is -0.695. The standard InChI is InChI=1S/C4H11O3PS.2Na/c1-4(2,3)7-8(5,6)9;;/h1-3H3,(H2,5,6,9);;/q;2*+1/p-2. The van der Waals surface area contributed by atoms with Crippen LogP contribution in [-0.2, 0) is 16.3 Å². The molecule has 0 saturated carbocycles. The normalized spacial score (nSPS) is 11.4. The molecule has 0 saturated heterocycles. The molecule has 0 aliphatic heterocycles. The fraction of sp³-hybridized carbons (Fsp3) is 1.00. The summed E-state index contributed by atoms with van der Waals surface area (Å²) in [5.74, 6) is 0. The van der Waals surface area contributed by atoms with E-state index in [-0.39, 0.29) is 59.1 Å². The molecule has 0 N–H and O–H groups in total. The molecule has 0 amide bonds. The second-order valence-corrected chi connectivity index (χ2v) is 5.07. The summed E-state index contributed by atoms with van der Waals surface area (Å²) >= 11 is 4.01. The maximum Gasteiger partial charge on any atom is 1.00 e. The second-order valence-electron chi connectivity index (χ2n) is 2.65. The van der Waals surface area contributed by atoms with Gasteiger partial charge in [0.25, 0.3) is 0 Å². The van der Waals surface area contributed by atoms with E-state index in [0.29, 0.717) is 0 Å². The molecule has 0 rings (SSSR count). The summed E-state index contributed by atoms with van der Waals surface area (Å²) in [6.45, 7) is 0.933. The predicted molar refractivity (Wildman–Crippen MR) is 35.1 cm³/mol. The van der Waals surface area contributed by atoms with Crippen LogP contribution < -0.4 is 68.9 Å². The topological polar surface area (TPSA) is 55.3 Å². The Bertz CT molecular complexity index is 141. The molecule has 56 valence electrons. The van der Waals surface area contributed by atoms with Gasteiger partial charge in [-0.05, 0) is 20.8 Å². The minimum absolute atomic E-state index is 0. The molecule has 0 atom stereocenters. The third-order valence-corrected chi connectivity index (χ3v) is 1.38. The van der Waals surface area contributed by atoms with E-state index in [9.17, 15) is 9.79 Å². The van der Waals surface area contributed by atoms with Gasteiger partial charge in [-0.3, -0.25) is 0 Å². The molecule has 0 spiro atoms. The van der Waals surface area contributed by atoms with Gasteiger partial charge in [0.05, 0.1) is 5.60 Å². The van der Waals surface area contributed by atoms with Crippen LogP contribution >= 0.6 is 6.72 Å². The van der Waals surface area contributed by atoms with Gasteiger partial charge in [-0.25, -0.2) is 0 Å². The maximum atomic E-state index is 10.3. The van der Waals surface area contributed by atoms with Gasteiger partial charge in [0.2, 0.25) is 0 Å². The molecule has 0 heterocycles. The SMILES string of the molecule is CC(C)(C)OP([O-])([O-])=S.[Na+].[Na+]. The maximum absolute atomic E-state index is 10.3. The van der Waals surface area contributed by atoms with Gasteiger partial charge < -0.3 is 14.3 Å². The van der Waals surface area contributed by atoms with Crippen molar-refractivity contribution in [2.75, 3.05) is 0 Å². The van der Waals surface area contributed by atoms with E-state index in [2.05, 4.69) is 16.3 Å². The van der Waals surface area contributed by atoms with E-state index in [1.807, 2.05) is 0 Å². The van der Waals surface area contributed by atoms with Gasteiger partial charge in [0.1, 0.15) is 0 Å². The molecule has 3 nitrogen and oxygen atoms in total. The zero-order valence-electron chi connectivity index (χ0n) is 7.58. The van der Waals surface area contributed by atoms with Crippen LogP contribution in [0.3, 0.4) is 0 Å². The van der Waals surface area contributed by atoms with Crippen LogP contribution in [0.2, 0.25) is 0 Å². The van der Waals surface area contributed by atoms with Gasteiger partial charge in [-0.2, -0.15) is 0 Å². The van der Waals surface area contributed by atoms with Crippen LogP contribution in [0.1, 0.15) is 20.8 Å². The Balaban J connectivity index is -0.000000320. The Kier molecular flexibility index (Phi) is 12.0. The Morgan fingerprint density at radius 2 is 1.45 bits per heavy atom. The van der Waals surface area contributed by atoms with Crippen molar-refractivity contribution in [2.24, 2.45) is 0 Å². The van der Waals surface area contributed by atoms with E-state index in [1.165, 1.54) is 0 Å². The van der Waals surface area contributed by atoms with Crippen LogP contribution in [-0.4, -0.2) is 5.60 Å². The van der Waals surface area contributed by atoms with E-state index in [1.54, 1.807) is 20.8 Å². The number of hydrogen-bond donors (Lipinski definition) is 0. The molecule has 0 aromatic rings. The fourth-order valence-corrected chi connectivity index (χ4v) is 1.68. The van der Waals surface area contributed by atoms with Crippen molar-refractivity contribution in [3.05, 3.63) is 0 Å². The van der Waals surface area contributed by atoms with Crippen molar-refractivity contribution >= 4 is 18.5 Å². The smallest absolute Gasteiger partial charge is 0.812 e. The molecule has 11 heavy (non-hydrogen) atoms. The monoisotopic (exact) mass is 214 g/mol. The van der Waals surface area contributed by atoms with Gasteiger partial charge in [0, 0.05) is 0 Å². The molecule has 7 heteroatoms. The molecule has 0 aromatic heterocycles. The molecule has 0 aliphatic rings. The molecule has 0 aromatic carbocycles. The van der Waals surface area contributed by atoms with Gasteiger partial charge in [-0.1, -0.05) is 6.72 Å².